The standard InChI is InChI=1S/C30H48O5/c1-17(15-23(33)27(4,5)25(34)35)18-9-13-29(7)19(18)16-20(31)24-28(6)12-11-22(32)26(2,3)21(28)10-14-30(24,29)8/h17,20-21,23-24,31,33H,9-16H2,1-8H3,(H,34,35)/t17-,20+,21+,23+,24+,28+,29+,30+/m1/s1. The van der Waals surface area contributed by atoms with Crippen LogP contribution in [-0.4, -0.2) is 39.3 Å². The van der Waals surface area contributed by atoms with E-state index in [9.17, 15) is 24.9 Å². The smallest absolute Gasteiger partial charge is 0.311 e. The number of rotatable bonds is 5. The first kappa shape index (κ1) is 26.9. The molecule has 0 unspecified atom stereocenters. The predicted octanol–water partition coefficient (Wildman–Crippen LogP) is 5.77. The third-order valence-corrected chi connectivity index (χ3v) is 12.2. The molecule has 3 fully saturated rings. The normalized spacial score (nSPS) is 42.7. The minimum atomic E-state index is -1.19. The Kier molecular flexibility index (Phi) is 6.25. The molecule has 0 aromatic heterocycles. The number of aliphatic hydroxyl groups excluding tert-OH is 2. The Morgan fingerprint density at radius 3 is 2.31 bits per heavy atom. The summed E-state index contributed by atoms with van der Waals surface area (Å²) < 4.78 is 0. The van der Waals surface area contributed by atoms with E-state index in [0.29, 0.717) is 31.0 Å². The van der Waals surface area contributed by atoms with Crippen molar-refractivity contribution in [1.82, 2.24) is 0 Å². The Morgan fingerprint density at radius 2 is 1.71 bits per heavy atom. The van der Waals surface area contributed by atoms with E-state index in [0.717, 1.165) is 32.1 Å². The maximum absolute atomic E-state index is 12.9. The van der Waals surface area contributed by atoms with Crippen LogP contribution in [-0.2, 0) is 9.59 Å². The number of carboxylic acids is 1. The summed E-state index contributed by atoms with van der Waals surface area (Å²) in [5, 5.41) is 32.2. The number of carbonyl (C=O) groups excluding carboxylic acids is 1. The molecule has 0 heterocycles. The lowest BCUT2D eigenvalue weighted by Crippen LogP contribution is -2.65. The van der Waals surface area contributed by atoms with E-state index in [1.807, 2.05) is 0 Å². The molecule has 3 saturated carbocycles. The maximum atomic E-state index is 12.9. The van der Waals surface area contributed by atoms with Gasteiger partial charge in [-0.15, -0.1) is 0 Å². The molecule has 0 radical (unpaired) electrons. The first-order valence-corrected chi connectivity index (χ1v) is 13.8. The molecule has 0 bridgehead atoms. The van der Waals surface area contributed by atoms with E-state index in [2.05, 4.69) is 41.5 Å². The third kappa shape index (κ3) is 3.54. The molecule has 4 rings (SSSR count). The molecule has 4 aliphatic carbocycles. The van der Waals surface area contributed by atoms with E-state index in [4.69, 9.17) is 0 Å². The summed E-state index contributed by atoms with van der Waals surface area (Å²) in [7, 11) is 0. The van der Waals surface area contributed by atoms with E-state index < -0.39 is 23.6 Å². The lowest BCUT2D eigenvalue weighted by molar-refractivity contribution is -0.208. The summed E-state index contributed by atoms with van der Waals surface area (Å²) in [4.78, 5) is 24.5. The van der Waals surface area contributed by atoms with Gasteiger partial charge in [-0.2, -0.15) is 0 Å². The molecule has 5 heteroatoms. The molecule has 0 spiro atoms. The van der Waals surface area contributed by atoms with Crippen LogP contribution in [0.3, 0.4) is 0 Å². The van der Waals surface area contributed by atoms with Gasteiger partial charge in [-0.3, -0.25) is 9.59 Å². The molecule has 0 aromatic carbocycles. The highest BCUT2D eigenvalue weighted by Gasteiger charge is 2.69. The van der Waals surface area contributed by atoms with Gasteiger partial charge < -0.3 is 15.3 Å². The van der Waals surface area contributed by atoms with E-state index in [1.165, 1.54) is 11.1 Å². The minimum absolute atomic E-state index is 0.0205. The van der Waals surface area contributed by atoms with Crippen LogP contribution in [0.2, 0.25) is 0 Å². The van der Waals surface area contributed by atoms with Crippen molar-refractivity contribution in [1.29, 1.82) is 0 Å². The summed E-state index contributed by atoms with van der Waals surface area (Å²) in [5.74, 6) is -0.0766. The quantitative estimate of drug-likeness (QED) is 0.427. The number of carbonyl (C=O) groups is 2. The average Bonchev–Trinajstić information content (AvgIpc) is 3.08. The van der Waals surface area contributed by atoms with Crippen LogP contribution in [0.1, 0.15) is 107 Å². The molecule has 0 aliphatic heterocycles. The van der Waals surface area contributed by atoms with Gasteiger partial charge in [-0.05, 0) is 92.8 Å². The number of ketones is 1. The molecule has 3 N–H and O–H groups in total. The van der Waals surface area contributed by atoms with Gasteiger partial charge in [-0.1, -0.05) is 52.7 Å². The highest BCUT2D eigenvalue weighted by molar-refractivity contribution is 5.85. The van der Waals surface area contributed by atoms with E-state index in [-0.39, 0.29) is 33.5 Å². The zero-order valence-electron chi connectivity index (χ0n) is 23.2. The van der Waals surface area contributed by atoms with Gasteiger partial charge in [0.1, 0.15) is 5.78 Å². The van der Waals surface area contributed by atoms with Crippen molar-refractivity contribution >= 4 is 11.8 Å². The number of hydrogen-bond donors (Lipinski definition) is 3. The van der Waals surface area contributed by atoms with Crippen molar-refractivity contribution in [2.45, 2.75) is 119 Å². The second kappa shape index (κ2) is 8.15. The Bertz CT molecular complexity index is 946. The monoisotopic (exact) mass is 488 g/mol. The summed E-state index contributed by atoms with van der Waals surface area (Å²) in [6, 6.07) is 0. The summed E-state index contributed by atoms with van der Waals surface area (Å²) >= 11 is 0. The van der Waals surface area contributed by atoms with Gasteiger partial charge in [-0.25, -0.2) is 0 Å². The second-order valence-electron chi connectivity index (χ2n) is 14.4. The number of carboxylic acid groups (broad SMARTS) is 1. The Balaban J connectivity index is 1.69. The lowest BCUT2D eigenvalue weighted by Gasteiger charge is -2.69. The van der Waals surface area contributed by atoms with Gasteiger partial charge in [0.2, 0.25) is 0 Å². The van der Waals surface area contributed by atoms with Gasteiger partial charge in [0, 0.05) is 11.8 Å². The molecular weight excluding hydrogens is 440 g/mol. The number of fused-ring (bicyclic) bond motifs is 5. The number of aliphatic carboxylic acids is 1. The second-order valence-corrected chi connectivity index (χ2v) is 14.4. The number of Topliss-reactive ketones (excluding diaryl/α,β-unsaturated/α-hetero) is 1. The van der Waals surface area contributed by atoms with Crippen LogP contribution < -0.4 is 0 Å². The molecule has 35 heavy (non-hydrogen) atoms. The number of allylic oxidation sites excluding steroid dienone is 1. The van der Waals surface area contributed by atoms with Crippen LogP contribution in [0.15, 0.2) is 11.1 Å². The molecule has 4 aliphatic rings. The zero-order chi connectivity index (χ0) is 26.4. The van der Waals surface area contributed by atoms with Crippen LogP contribution in [0, 0.1) is 44.8 Å². The molecule has 8 atom stereocenters. The third-order valence-electron chi connectivity index (χ3n) is 12.2. The Morgan fingerprint density at radius 1 is 1.09 bits per heavy atom. The Hall–Kier alpha value is -1.20. The lowest BCUT2D eigenvalue weighted by atomic mass is 9.36. The molecule has 0 saturated heterocycles. The SMILES string of the molecule is C[C@H](C[C@H](O)C(C)(C)C(=O)O)C1=C2C[C@H](O)[C@H]3[C@@]4(C)CCC(=O)C(C)(C)[C@@H]4CC[C@]3(C)[C@@]2(C)CC1. The largest absolute Gasteiger partial charge is 0.481 e. The van der Waals surface area contributed by atoms with E-state index in [1.54, 1.807) is 13.8 Å². The van der Waals surface area contributed by atoms with Crippen molar-refractivity contribution in [3.05, 3.63) is 11.1 Å². The maximum Gasteiger partial charge on any atom is 0.311 e. The van der Waals surface area contributed by atoms with Gasteiger partial charge >= 0.3 is 5.97 Å². The molecular formula is C30H48O5. The first-order chi connectivity index (χ1) is 15.9. The van der Waals surface area contributed by atoms with Crippen LogP contribution in [0.4, 0.5) is 0 Å². The van der Waals surface area contributed by atoms with Gasteiger partial charge in [0.25, 0.3) is 0 Å². The highest BCUT2D eigenvalue weighted by Crippen LogP contribution is 2.74. The van der Waals surface area contributed by atoms with E-state index >= 15 is 0 Å². The van der Waals surface area contributed by atoms with Crippen molar-refractivity contribution in [2.75, 3.05) is 0 Å². The van der Waals surface area contributed by atoms with Crippen LogP contribution in [0.5, 0.6) is 0 Å². The van der Waals surface area contributed by atoms with Crippen molar-refractivity contribution in [3.8, 4) is 0 Å². The van der Waals surface area contributed by atoms with Gasteiger partial charge in [0.15, 0.2) is 0 Å². The number of aliphatic hydroxyl groups is 2. The summed E-state index contributed by atoms with van der Waals surface area (Å²) in [5.41, 5.74) is 1.03. The molecule has 0 aromatic rings. The fraction of sp³-hybridized carbons (Fsp3) is 0.867. The first-order valence-electron chi connectivity index (χ1n) is 13.8. The molecule has 5 nitrogen and oxygen atoms in total. The fourth-order valence-corrected chi connectivity index (χ4v) is 9.58. The summed E-state index contributed by atoms with van der Waals surface area (Å²) in [6.07, 6.45) is 5.21. The topological polar surface area (TPSA) is 94.8 Å². The van der Waals surface area contributed by atoms with Crippen molar-refractivity contribution in [2.24, 2.45) is 44.8 Å². The number of hydrogen-bond acceptors (Lipinski definition) is 4. The average molecular weight is 489 g/mol. The fourth-order valence-electron chi connectivity index (χ4n) is 9.58. The molecule has 0 amide bonds. The predicted molar refractivity (Wildman–Crippen MR) is 137 cm³/mol. The summed E-state index contributed by atoms with van der Waals surface area (Å²) in [6.45, 7) is 16.7. The van der Waals surface area contributed by atoms with Crippen molar-refractivity contribution in [3.63, 3.8) is 0 Å². The Labute approximate surface area is 211 Å². The van der Waals surface area contributed by atoms with Crippen LogP contribution in [0.25, 0.3) is 0 Å². The minimum Gasteiger partial charge on any atom is -0.481 e. The van der Waals surface area contributed by atoms with Gasteiger partial charge in [0.05, 0.1) is 17.6 Å². The van der Waals surface area contributed by atoms with Crippen LogP contribution >= 0.6 is 0 Å². The van der Waals surface area contributed by atoms with Crippen molar-refractivity contribution < 1.29 is 24.9 Å². The highest BCUT2D eigenvalue weighted by atomic mass is 16.4. The zero-order valence-corrected chi connectivity index (χ0v) is 23.2. The molecule has 198 valence electrons.